The fourth-order valence-electron chi connectivity index (χ4n) is 8.66. The molecule has 0 spiro atoms. The minimum atomic E-state index is -4.68. The van der Waals surface area contributed by atoms with Gasteiger partial charge in [0.1, 0.15) is 11.8 Å². The highest BCUT2D eigenvalue weighted by Crippen LogP contribution is 2.42. The summed E-state index contributed by atoms with van der Waals surface area (Å²) < 4.78 is 82.4. The molecule has 7 heterocycles. The van der Waals surface area contributed by atoms with E-state index in [1.807, 2.05) is 6.07 Å². The number of benzene rings is 2. The summed E-state index contributed by atoms with van der Waals surface area (Å²) in [6.45, 7) is 1.96. The maximum atomic E-state index is 14.1. The minimum Gasteiger partial charge on any atom is -0.333 e. The van der Waals surface area contributed by atoms with Crippen LogP contribution in [-0.4, -0.2) is 89.5 Å². The third-order valence-electron chi connectivity index (χ3n) is 12.0. The van der Waals surface area contributed by atoms with Crippen molar-refractivity contribution in [3.05, 3.63) is 141 Å². The van der Waals surface area contributed by atoms with E-state index in [4.69, 9.17) is 0 Å². The summed E-state index contributed by atoms with van der Waals surface area (Å²) in [6, 6.07) is 13.9. The molecule has 6 amide bonds. The van der Waals surface area contributed by atoms with Crippen molar-refractivity contribution in [3.8, 4) is 6.07 Å². The molecule has 1 fully saturated rings. The maximum Gasteiger partial charge on any atom is 0.416 e. The molecule has 66 heavy (non-hydrogen) atoms. The number of anilines is 2. The van der Waals surface area contributed by atoms with Crippen molar-refractivity contribution in [2.24, 2.45) is 0 Å². The van der Waals surface area contributed by atoms with Gasteiger partial charge >= 0.3 is 24.4 Å². The molecule has 0 saturated carbocycles. The zero-order chi connectivity index (χ0) is 46.5. The highest BCUT2D eigenvalue weighted by atomic mass is 19.4. The van der Waals surface area contributed by atoms with E-state index in [0.717, 1.165) is 46.3 Å². The van der Waals surface area contributed by atoms with Gasteiger partial charge < -0.3 is 31.1 Å². The van der Waals surface area contributed by atoms with Crippen molar-refractivity contribution in [3.63, 3.8) is 0 Å². The largest absolute Gasteiger partial charge is 0.416 e. The molecule has 5 aliphatic rings. The third-order valence-corrected chi connectivity index (χ3v) is 12.0. The smallest absolute Gasteiger partial charge is 0.333 e. The number of aromatic nitrogens is 2. The first kappa shape index (κ1) is 43.9. The molecule has 9 rings (SSSR count). The predicted octanol–water partition coefficient (Wildman–Crippen LogP) is 5.83. The number of rotatable bonds is 13. The second kappa shape index (κ2) is 17.2. The van der Waals surface area contributed by atoms with E-state index in [-0.39, 0.29) is 77.7 Å². The number of carbonyl (C=O) groups is 4. The average Bonchev–Trinajstić information content (AvgIpc) is 4.03. The molecule has 0 radical (unpaired) electrons. The van der Waals surface area contributed by atoms with Gasteiger partial charge in [0.25, 0.3) is 11.8 Å². The molecule has 0 aliphatic carbocycles. The lowest BCUT2D eigenvalue weighted by molar-refractivity contribution is -0.138. The first-order valence-corrected chi connectivity index (χ1v) is 21.0. The Morgan fingerprint density at radius 3 is 1.58 bits per heavy atom. The molecular formula is C45H39F6N11O4. The van der Waals surface area contributed by atoms with Gasteiger partial charge in [-0.05, 0) is 85.6 Å². The number of urea groups is 2. The normalized spacial score (nSPS) is 20.7. The molecule has 1 saturated heterocycles. The van der Waals surface area contributed by atoms with Crippen molar-refractivity contribution in [1.29, 1.82) is 5.26 Å². The van der Waals surface area contributed by atoms with Gasteiger partial charge in [0.2, 0.25) is 0 Å². The molecule has 2 aromatic heterocycles. The van der Waals surface area contributed by atoms with E-state index in [1.165, 1.54) is 41.4 Å². The number of pyridine rings is 2. The van der Waals surface area contributed by atoms with Crippen LogP contribution in [0.4, 0.5) is 47.3 Å². The van der Waals surface area contributed by atoms with Crippen LogP contribution >= 0.6 is 0 Å². The van der Waals surface area contributed by atoms with Gasteiger partial charge in [-0.15, -0.1) is 0 Å². The van der Waals surface area contributed by atoms with Gasteiger partial charge in [-0.1, -0.05) is 24.3 Å². The van der Waals surface area contributed by atoms with E-state index >= 15 is 0 Å². The second-order valence-corrected chi connectivity index (χ2v) is 16.2. The molecule has 4 aromatic rings. The fraction of sp³-hybridized carbons (Fsp3) is 0.311. The summed E-state index contributed by atoms with van der Waals surface area (Å²) in [6.07, 6.45) is -5.52. The number of carbonyl (C=O) groups excluding carboxylic acids is 4. The molecule has 5 aliphatic heterocycles. The Bertz CT molecular complexity index is 2710. The monoisotopic (exact) mass is 911 g/mol. The van der Waals surface area contributed by atoms with Crippen LogP contribution in [0.2, 0.25) is 0 Å². The number of halogens is 6. The third kappa shape index (κ3) is 8.52. The van der Waals surface area contributed by atoms with Crippen LogP contribution in [0.1, 0.15) is 64.6 Å². The first-order chi connectivity index (χ1) is 31.6. The number of nitrogens with zero attached hydrogens (tertiary/aromatic N) is 7. The summed E-state index contributed by atoms with van der Waals surface area (Å²) in [7, 11) is 0. The van der Waals surface area contributed by atoms with Gasteiger partial charge in [0, 0.05) is 32.0 Å². The van der Waals surface area contributed by atoms with Gasteiger partial charge in [0.05, 0.1) is 82.0 Å². The lowest BCUT2D eigenvalue weighted by Crippen LogP contribution is -2.47. The summed E-state index contributed by atoms with van der Waals surface area (Å²) in [4.78, 5) is 69.3. The van der Waals surface area contributed by atoms with Crippen LogP contribution < -0.4 is 31.1 Å². The van der Waals surface area contributed by atoms with Gasteiger partial charge in [-0.3, -0.25) is 24.4 Å². The molecule has 4 N–H and O–H groups in total. The quantitative estimate of drug-likeness (QED) is 0.0727. The Morgan fingerprint density at radius 2 is 1.17 bits per heavy atom. The van der Waals surface area contributed by atoms with Crippen molar-refractivity contribution >= 4 is 35.3 Å². The van der Waals surface area contributed by atoms with Crippen molar-refractivity contribution in [2.75, 3.05) is 55.6 Å². The highest BCUT2D eigenvalue weighted by Gasteiger charge is 2.47. The Labute approximate surface area is 372 Å². The topological polar surface area (TPSA) is 189 Å². The zero-order valence-corrected chi connectivity index (χ0v) is 34.7. The number of nitrogens with one attached hydrogen (secondary N) is 4. The SMILES string of the molecule is N#Cc1ccc(C2NC(=O)N(c3cccc(C(F)(F)F)c3)C3=C2C(=O)N(CCCNCCCN2CC4=C(C2=O)C(c2ccc([C@H]5CN5)nc2)NC(=O)N4c2cccc(C(F)(F)F)c2)C3)cn1. The minimum absolute atomic E-state index is 0.0328. The Balaban J connectivity index is 0.848. The number of hydrogen-bond acceptors (Lipinski definition) is 9. The van der Waals surface area contributed by atoms with E-state index in [1.54, 1.807) is 29.3 Å². The Morgan fingerprint density at radius 1 is 0.682 bits per heavy atom. The molecule has 2 unspecified atom stereocenters. The van der Waals surface area contributed by atoms with E-state index in [0.29, 0.717) is 37.1 Å². The summed E-state index contributed by atoms with van der Waals surface area (Å²) in [5.74, 6) is -0.816. The van der Waals surface area contributed by atoms with E-state index in [2.05, 4.69) is 31.2 Å². The predicted molar refractivity (Wildman–Crippen MR) is 224 cm³/mol. The zero-order valence-electron chi connectivity index (χ0n) is 34.7. The summed E-state index contributed by atoms with van der Waals surface area (Å²) in [5, 5.41) is 21.3. The summed E-state index contributed by atoms with van der Waals surface area (Å²) in [5.41, 5.74) is 0.694. The van der Waals surface area contributed by atoms with E-state index in [9.17, 15) is 50.8 Å². The molecule has 340 valence electrons. The maximum absolute atomic E-state index is 14.1. The van der Waals surface area contributed by atoms with Crippen LogP contribution in [0, 0.1) is 11.3 Å². The van der Waals surface area contributed by atoms with Gasteiger partial charge in [-0.2, -0.15) is 31.6 Å². The van der Waals surface area contributed by atoms with Crippen molar-refractivity contribution in [2.45, 2.75) is 43.3 Å². The molecule has 2 aromatic carbocycles. The molecule has 15 nitrogen and oxygen atoms in total. The van der Waals surface area contributed by atoms with Crippen molar-refractivity contribution in [1.82, 2.24) is 41.0 Å². The number of alkyl halides is 6. The molecule has 0 bridgehead atoms. The van der Waals surface area contributed by atoms with E-state index < -0.39 is 53.5 Å². The van der Waals surface area contributed by atoms with Crippen LogP contribution in [0.5, 0.6) is 0 Å². The van der Waals surface area contributed by atoms with Crippen molar-refractivity contribution < 1.29 is 45.5 Å². The average molecular weight is 912 g/mol. The number of nitriles is 1. The van der Waals surface area contributed by atoms with Crippen LogP contribution in [-0.2, 0) is 21.9 Å². The Kier molecular flexibility index (Phi) is 11.5. The van der Waals surface area contributed by atoms with Gasteiger partial charge in [0.15, 0.2) is 0 Å². The lowest BCUT2D eigenvalue weighted by atomic mass is 9.96. The van der Waals surface area contributed by atoms with Crippen LogP contribution in [0.3, 0.4) is 0 Å². The lowest BCUT2D eigenvalue weighted by Gasteiger charge is -2.33. The van der Waals surface area contributed by atoms with Crippen LogP contribution in [0.15, 0.2) is 108 Å². The van der Waals surface area contributed by atoms with Crippen LogP contribution in [0.25, 0.3) is 0 Å². The Hall–Kier alpha value is -7.31. The highest BCUT2D eigenvalue weighted by molar-refractivity contribution is 6.08. The first-order valence-electron chi connectivity index (χ1n) is 21.0. The molecular weight excluding hydrogens is 873 g/mol. The second-order valence-electron chi connectivity index (χ2n) is 16.2. The molecule has 3 atom stereocenters. The standard InChI is InChI=1S/C45H39F6N11O4/c46-44(47,48)27-5-1-7-30(17-27)61-34-23-59(40(63)36(34)38(57-42(61)65)25-9-11-29(19-52)54-20-25)15-3-13-53-14-4-16-60-24-35-37(41(60)64)39(26-10-12-32(55-21-26)33-22-56-33)58-43(66)62(35)31-8-2-6-28(18-31)45(49,50)51/h1-2,5-12,17-18,20-21,33,38-39,53,56H,3-4,13-16,22-24H2,(H,57,65)(H,58,66)/t33-,38?,39?/m1/s1. The van der Waals surface area contributed by atoms with Gasteiger partial charge in [-0.25, -0.2) is 14.6 Å². The number of amides is 6. The molecule has 21 heteroatoms. The summed E-state index contributed by atoms with van der Waals surface area (Å²) >= 11 is 0. The fourth-order valence-corrected chi connectivity index (χ4v) is 8.66. The number of hydrogen-bond donors (Lipinski definition) is 4.